The first-order valence-corrected chi connectivity index (χ1v) is 4.38. The summed E-state index contributed by atoms with van der Waals surface area (Å²) in [6, 6.07) is 5.67. The zero-order chi connectivity index (χ0) is 8.55. The standard InChI is InChI=1S/C10H13NO/c1-7-6-8(7)10(12)9-4-2-3-5-11-9/h2-5,7-8,10,12H,6H2,1H3. The summed E-state index contributed by atoms with van der Waals surface area (Å²) in [7, 11) is 0. The molecule has 1 aliphatic rings. The van der Waals surface area contributed by atoms with Gasteiger partial charge >= 0.3 is 0 Å². The SMILES string of the molecule is CC1CC1C(O)c1ccccn1. The van der Waals surface area contributed by atoms with E-state index in [1.807, 2.05) is 18.2 Å². The highest BCUT2D eigenvalue weighted by Gasteiger charge is 2.39. The van der Waals surface area contributed by atoms with Crippen molar-refractivity contribution in [2.75, 3.05) is 0 Å². The maximum atomic E-state index is 9.77. The Hall–Kier alpha value is -0.890. The molecule has 1 heterocycles. The van der Waals surface area contributed by atoms with Crippen molar-refractivity contribution in [3.63, 3.8) is 0 Å². The maximum absolute atomic E-state index is 9.77. The Balaban J connectivity index is 2.10. The van der Waals surface area contributed by atoms with Crippen LogP contribution in [0.2, 0.25) is 0 Å². The molecular formula is C10H13NO. The van der Waals surface area contributed by atoms with Crippen LogP contribution in [0.4, 0.5) is 0 Å². The minimum absolute atomic E-state index is 0.346. The number of aromatic nitrogens is 1. The molecule has 0 spiro atoms. The fourth-order valence-corrected chi connectivity index (χ4v) is 1.56. The molecule has 0 aliphatic heterocycles. The zero-order valence-corrected chi connectivity index (χ0v) is 7.14. The molecule has 12 heavy (non-hydrogen) atoms. The van der Waals surface area contributed by atoms with E-state index in [1.54, 1.807) is 6.20 Å². The summed E-state index contributed by atoms with van der Waals surface area (Å²) in [5.74, 6) is 1.11. The molecule has 1 saturated carbocycles. The van der Waals surface area contributed by atoms with Gasteiger partial charge in [-0.3, -0.25) is 4.98 Å². The van der Waals surface area contributed by atoms with Crippen molar-refractivity contribution < 1.29 is 5.11 Å². The highest BCUT2D eigenvalue weighted by atomic mass is 16.3. The van der Waals surface area contributed by atoms with Gasteiger partial charge in [0.15, 0.2) is 0 Å². The fraction of sp³-hybridized carbons (Fsp3) is 0.500. The summed E-state index contributed by atoms with van der Waals surface area (Å²) in [5, 5.41) is 9.77. The largest absolute Gasteiger partial charge is 0.387 e. The Morgan fingerprint density at radius 3 is 2.83 bits per heavy atom. The van der Waals surface area contributed by atoms with Crippen LogP contribution in [0.5, 0.6) is 0 Å². The van der Waals surface area contributed by atoms with Crippen LogP contribution in [0.25, 0.3) is 0 Å². The van der Waals surface area contributed by atoms with Crippen LogP contribution in [0.3, 0.4) is 0 Å². The third kappa shape index (κ3) is 1.34. The monoisotopic (exact) mass is 163 g/mol. The summed E-state index contributed by atoms with van der Waals surface area (Å²) in [6.45, 7) is 2.16. The van der Waals surface area contributed by atoms with Gasteiger partial charge in [0.2, 0.25) is 0 Å². The van der Waals surface area contributed by atoms with Gasteiger partial charge in [0, 0.05) is 6.20 Å². The lowest BCUT2D eigenvalue weighted by Gasteiger charge is -2.07. The Morgan fingerprint density at radius 1 is 1.58 bits per heavy atom. The molecule has 1 aromatic heterocycles. The van der Waals surface area contributed by atoms with Crippen LogP contribution < -0.4 is 0 Å². The molecule has 0 aromatic carbocycles. The molecule has 3 atom stereocenters. The zero-order valence-electron chi connectivity index (χ0n) is 7.14. The lowest BCUT2D eigenvalue weighted by Crippen LogP contribution is -2.02. The minimum atomic E-state index is -0.346. The van der Waals surface area contributed by atoms with E-state index in [0.29, 0.717) is 11.8 Å². The van der Waals surface area contributed by atoms with E-state index >= 15 is 0 Å². The molecule has 0 radical (unpaired) electrons. The van der Waals surface area contributed by atoms with Crippen LogP contribution in [0.1, 0.15) is 25.1 Å². The van der Waals surface area contributed by atoms with Gasteiger partial charge in [-0.1, -0.05) is 13.0 Å². The molecule has 3 unspecified atom stereocenters. The fourth-order valence-electron chi connectivity index (χ4n) is 1.56. The third-order valence-corrected chi connectivity index (χ3v) is 2.57. The number of nitrogens with zero attached hydrogens (tertiary/aromatic N) is 1. The molecule has 0 saturated heterocycles. The van der Waals surface area contributed by atoms with Gasteiger partial charge in [0.1, 0.15) is 0 Å². The number of pyridine rings is 1. The van der Waals surface area contributed by atoms with E-state index in [2.05, 4.69) is 11.9 Å². The van der Waals surface area contributed by atoms with E-state index in [0.717, 1.165) is 12.1 Å². The molecule has 1 aromatic rings. The first kappa shape index (κ1) is 7.74. The van der Waals surface area contributed by atoms with E-state index in [-0.39, 0.29) is 6.10 Å². The molecule has 2 nitrogen and oxygen atoms in total. The number of hydrogen-bond donors (Lipinski definition) is 1. The summed E-state index contributed by atoms with van der Waals surface area (Å²) < 4.78 is 0. The van der Waals surface area contributed by atoms with Gasteiger partial charge in [-0.25, -0.2) is 0 Å². The predicted molar refractivity (Wildman–Crippen MR) is 46.5 cm³/mol. The lowest BCUT2D eigenvalue weighted by molar-refractivity contribution is 0.143. The minimum Gasteiger partial charge on any atom is -0.387 e. The molecule has 0 bridgehead atoms. The van der Waals surface area contributed by atoms with Gasteiger partial charge in [-0.05, 0) is 30.4 Å². The summed E-state index contributed by atoms with van der Waals surface area (Å²) >= 11 is 0. The van der Waals surface area contributed by atoms with Crippen LogP contribution >= 0.6 is 0 Å². The molecule has 2 rings (SSSR count). The highest BCUT2D eigenvalue weighted by Crippen LogP contribution is 2.46. The molecule has 64 valence electrons. The average molecular weight is 163 g/mol. The van der Waals surface area contributed by atoms with Gasteiger partial charge in [-0.15, -0.1) is 0 Å². The molecule has 2 heteroatoms. The smallest absolute Gasteiger partial charge is 0.0990 e. The quantitative estimate of drug-likeness (QED) is 0.720. The maximum Gasteiger partial charge on any atom is 0.0990 e. The Morgan fingerprint density at radius 2 is 2.33 bits per heavy atom. The van der Waals surface area contributed by atoms with Gasteiger partial charge in [0.25, 0.3) is 0 Å². The van der Waals surface area contributed by atoms with Gasteiger partial charge in [-0.2, -0.15) is 0 Å². The molecular weight excluding hydrogens is 150 g/mol. The highest BCUT2D eigenvalue weighted by molar-refractivity contribution is 5.10. The number of aliphatic hydroxyl groups excluding tert-OH is 1. The topological polar surface area (TPSA) is 33.1 Å². The van der Waals surface area contributed by atoms with Crippen LogP contribution in [0.15, 0.2) is 24.4 Å². The van der Waals surface area contributed by atoms with Crippen LogP contribution in [0, 0.1) is 11.8 Å². The third-order valence-electron chi connectivity index (χ3n) is 2.57. The number of hydrogen-bond acceptors (Lipinski definition) is 2. The second-order valence-electron chi connectivity index (χ2n) is 3.58. The Bertz CT molecular complexity index is 260. The first-order valence-electron chi connectivity index (χ1n) is 4.38. The Labute approximate surface area is 72.3 Å². The normalized spacial score (nSPS) is 29.8. The van der Waals surface area contributed by atoms with E-state index in [9.17, 15) is 5.11 Å². The van der Waals surface area contributed by atoms with Crippen LogP contribution in [-0.4, -0.2) is 10.1 Å². The second-order valence-corrected chi connectivity index (χ2v) is 3.58. The van der Waals surface area contributed by atoms with Crippen molar-refractivity contribution in [1.82, 2.24) is 4.98 Å². The van der Waals surface area contributed by atoms with E-state index in [4.69, 9.17) is 0 Å². The van der Waals surface area contributed by atoms with Crippen molar-refractivity contribution in [3.8, 4) is 0 Å². The number of aliphatic hydroxyl groups is 1. The summed E-state index contributed by atoms with van der Waals surface area (Å²) in [5.41, 5.74) is 0.812. The van der Waals surface area contributed by atoms with Gasteiger partial charge in [0.05, 0.1) is 11.8 Å². The molecule has 1 fully saturated rings. The summed E-state index contributed by atoms with van der Waals surface area (Å²) in [4.78, 5) is 4.12. The van der Waals surface area contributed by atoms with E-state index in [1.165, 1.54) is 0 Å². The first-order chi connectivity index (χ1) is 5.79. The van der Waals surface area contributed by atoms with Crippen molar-refractivity contribution in [2.45, 2.75) is 19.4 Å². The number of rotatable bonds is 2. The Kier molecular flexibility index (Phi) is 1.85. The van der Waals surface area contributed by atoms with Crippen LogP contribution in [-0.2, 0) is 0 Å². The summed E-state index contributed by atoms with van der Waals surface area (Å²) in [6.07, 6.45) is 2.52. The van der Waals surface area contributed by atoms with Crippen molar-refractivity contribution in [1.29, 1.82) is 0 Å². The van der Waals surface area contributed by atoms with Gasteiger partial charge < -0.3 is 5.11 Å². The van der Waals surface area contributed by atoms with Crippen molar-refractivity contribution in [3.05, 3.63) is 30.1 Å². The second kappa shape index (κ2) is 2.87. The predicted octanol–water partition coefficient (Wildman–Crippen LogP) is 1.77. The molecule has 1 aliphatic carbocycles. The van der Waals surface area contributed by atoms with Crippen molar-refractivity contribution in [2.24, 2.45) is 11.8 Å². The molecule has 1 N–H and O–H groups in total. The molecule has 0 amide bonds. The average Bonchev–Trinajstić information content (AvgIpc) is 2.83. The lowest BCUT2D eigenvalue weighted by atomic mass is 10.1. The van der Waals surface area contributed by atoms with Crippen molar-refractivity contribution >= 4 is 0 Å². The van der Waals surface area contributed by atoms with E-state index < -0.39 is 0 Å².